The number of carbonyl (C=O) groups excluding carboxylic acids is 1. The highest BCUT2D eigenvalue weighted by Crippen LogP contribution is 2.27. The standard InChI is InChI=1S/C18H32O/c1-2-3-4-5-6-7-8-9-10-11-12-13-14-17-15-16-18(17)19/h9-10,17H,2-8,11-16H2,1H3/b10-9+. The van der Waals surface area contributed by atoms with Gasteiger partial charge in [0.05, 0.1) is 0 Å². The Kier molecular flexibility index (Phi) is 9.75. The molecule has 1 saturated carbocycles. The Morgan fingerprint density at radius 2 is 1.58 bits per heavy atom. The first-order valence-corrected chi connectivity index (χ1v) is 8.52. The maximum atomic E-state index is 11.1. The maximum absolute atomic E-state index is 11.1. The van der Waals surface area contributed by atoms with E-state index in [0.29, 0.717) is 11.7 Å². The fraction of sp³-hybridized carbons (Fsp3) is 0.833. The smallest absolute Gasteiger partial charge is 0.136 e. The normalized spacial score (nSPS) is 19.0. The lowest BCUT2D eigenvalue weighted by molar-refractivity contribution is -0.129. The topological polar surface area (TPSA) is 17.1 Å². The zero-order chi connectivity index (χ0) is 13.8. The molecule has 0 aromatic carbocycles. The van der Waals surface area contributed by atoms with Gasteiger partial charge in [-0.2, -0.15) is 0 Å². The molecule has 0 saturated heterocycles. The summed E-state index contributed by atoms with van der Waals surface area (Å²) in [6, 6.07) is 0. The van der Waals surface area contributed by atoms with Gasteiger partial charge in [0, 0.05) is 12.3 Å². The molecule has 0 amide bonds. The molecule has 1 atom stereocenters. The largest absolute Gasteiger partial charge is 0.299 e. The molecule has 1 fully saturated rings. The highest BCUT2D eigenvalue weighted by molar-refractivity contribution is 5.86. The first-order valence-electron chi connectivity index (χ1n) is 8.52. The summed E-state index contributed by atoms with van der Waals surface area (Å²) in [5, 5.41) is 0. The van der Waals surface area contributed by atoms with Crippen molar-refractivity contribution in [3.63, 3.8) is 0 Å². The fourth-order valence-electron chi connectivity index (χ4n) is 2.70. The molecular weight excluding hydrogens is 232 g/mol. The van der Waals surface area contributed by atoms with Gasteiger partial charge in [-0.15, -0.1) is 0 Å². The average molecular weight is 264 g/mol. The Morgan fingerprint density at radius 1 is 0.947 bits per heavy atom. The molecule has 1 aliphatic rings. The van der Waals surface area contributed by atoms with E-state index in [-0.39, 0.29) is 0 Å². The second-order valence-corrected chi connectivity index (χ2v) is 6.01. The number of Topliss-reactive ketones (excluding diaryl/α,β-unsaturated/α-hetero) is 1. The van der Waals surface area contributed by atoms with E-state index in [4.69, 9.17) is 0 Å². The number of ketones is 1. The summed E-state index contributed by atoms with van der Waals surface area (Å²) in [6.45, 7) is 2.27. The van der Waals surface area contributed by atoms with Gasteiger partial charge in [-0.05, 0) is 38.5 Å². The molecule has 0 bridgehead atoms. The van der Waals surface area contributed by atoms with Gasteiger partial charge >= 0.3 is 0 Å². The van der Waals surface area contributed by atoms with Crippen LogP contribution in [0.1, 0.15) is 90.4 Å². The first-order chi connectivity index (χ1) is 9.34. The van der Waals surface area contributed by atoms with Crippen molar-refractivity contribution in [1.82, 2.24) is 0 Å². The van der Waals surface area contributed by atoms with Gasteiger partial charge in [-0.3, -0.25) is 4.79 Å². The Labute approximate surface area is 119 Å². The van der Waals surface area contributed by atoms with Crippen LogP contribution in [0.15, 0.2) is 12.2 Å². The highest BCUT2D eigenvalue weighted by atomic mass is 16.1. The van der Waals surface area contributed by atoms with Crippen molar-refractivity contribution in [2.45, 2.75) is 90.4 Å². The Morgan fingerprint density at radius 3 is 2.16 bits per heavy atom. The third-order valence-electron chi connectivity index (χ3n) is 4.26. The highest BCUT2D eigenvalue weighted by Gasteiger charge is 2.26. The average Bonchev–Trinajstić information content (AvgIpc) is 2.42. The molecular formula is C18H32O. The number of hydrogen-bond donors (Lipinski definition) is 0. The maximum Gasteiger partial charge on any atom is 0.136 e. The summed E-state index contributed by atoms with van der Waals surface area (Å²) in [6.07, 6.45) is 21.1. The van der Waals surface area contributed by atoms with E-state index in [9.17, 15) is 4.79 Å². The van der Waals surface area contributed by atoms with Crippen LogP contribution in [-0.2, 0) is 4.79 Å². The minimum Gasteiger partial charge on any atom is -0.299 e. The number of rotatable bonds is 12. The van der Waals surface area contributed by atoms with Crippen molar-refractivity contribution in [1.29, 1.82) is 0 Å². The van der Waals surface area contributed by atoms with Crippen LogP contribution in [0, 0.1) is 5.92 Å². The SMILES string of the molecule is CCCCCCCC/C=C/CCCCC1CCC1=O. The molecule has 1 aliphatic carbocycles. The van der Waals surface area contributed by atoms with Crippen molar-refractivity contribution in [3.05, 3.63) is 12.2 Å². The summed E-state index contributed by atoms with van der Waals surface area (Å²) < 4.78 is 0. The van der Waals surface area contributed by atoms with Crippen LogP contribution in [0.3, 0.4) is 0 Å². The Balaban J connectivity index is 1.76. The van der Waals surface area contributed by atoms with Crippen LogP contribution in [0.25, 0.3) is 0 Å². The molecule has 0 spiro atoms. The van der Waals surface area contributed by atoms with E-state index in [1.54, 1.807) is 0 Å². The van der Waals surface area contributed by atoms with Crippen LogP contribution in [0.4, 0.5) is 0 Å². The zero-order valence-electron chi connectivity index (χ0n) is 12.8. The van der Waals surface area contributed by atoms with Crippen LogP contribution in [-0.4, -0.2) is 5.78 Å². The van der Waals surface area contributed by atoms with Crippen molar-refractivity contribution in [2.75, 3.05) is 0 Å². The summed E-state index contributed by atoms with van der Waals surface area (Å²) in [4.78, 5) is 11.1. The van der Waals surface area contributed by atoms with Gasteiger partial charge in [0.2, 0.25) is 0 Å². The second kappa shape index (κ2) is 11.3. The predicted octanol–water partition coefficient (Wildman–Crippen LogP) is 5.83. The summed E-state index contributed by atoms with van der Waals surface area (Å²) >= 11 is 0. The van der Waals surface area contributed by atoms with E-state index in [1.807, 2.05) is 0 Å². The van der Waals surface area contributed by atoms with Crippen molar-refractivity contribution in [2.24, 2.45) is 5.92 Å². The quantitative estimate of drug-likeness (QED) is 0.320. The van der Waals surface area contributed by atoms with E-state index in [1.165, 1.54) is 64.2 Å². The van der Waals surface area contributed by atoms with Crippen molar-refractivity contribution >= 4 is 5.78 Å². The van der Waals surface area contributed by atoms with E-state index >= 15 is 0 Å². The predicted molar refractivity (Wildman–Crippen MR) is 83.3 cm³/mol. The fourth-order valence-corrected chi connectivity index (χ4v) is 2.70. The zero-order valence-corrected chi connectivity index (χ0v) is 12.8. The number of allylic oxidation sites excluding steroid dienone is 2. The van der Waals surface area contributed by atoms with Gasteiger partial charge in [0.25, 0.3) is 0 Å². The van der Waals surface area contributed by atoms with Crippen LogP contribution >= 0.6 is 0 Å². The minimum absolute atomic E-state index is 0.437. The number of carbonyl (C=O) groups is 1. The molecule has 1 nitrogen and oxygen atoms in total. The van der Waals surface area contributed by atoms with E-state index < -0.39 is 0 Å². The van der Waals surface area contributed by atoms with Gasteiger partial charge < -0.3 is 0 Å². The summed E-state index contributed by atoms with van der Waals surface area (Å²) in [7, 11) is 0. The molecule has 0 N–H and O–H groups in total. The van der Waals surface area contributed by atoms with Gasteiger partial charge in [0.15, 0.2) is 0 Å². The Bertz CT molecular complexity index is 254. The molecule has 0 aromatic rings. The van der Waals surface area contributed by atoms with Crippen LogP contribution in [0.2, 0.25) is 0 Å². The third-order valence-corrected chi connectivity index (χ3v) is 4.26. The van der Waals surface area contributed by atoms with Gasteiger partial charge in [0.1, 0.15) is 5.78 Å². The van der Waals surface area contributed by atoms with Crippen molar-refractivity contribution < 1.29 is 4.79 Å². The minimum atomic E-state index is 0.437. The molecule has 19 heavy (non-hydrogen) atoms. The first kappa shape index (κ1) is 16.5. The molecule has 110 valence electrons. The van der Waals surface area contributed by atoms with Crippen LogP contribution < -0.4 is 0 Å². The molecule has 0 aromatic heterocycles. The molecule has 1 unspecified atom stereocenters. The lowest BCUT2D eigenvalue weighted by Gasteiger charge is -2.23. The summed E-state index contributed by atoms with van der Waals surface area (Å²) in [5.41, 5.74) is 0. The van der Waals surface area contributed by atoms with Gasteiger partial charge in [-0.1, -0.05) is 57.6 Å². The van der Waals surface area contributed by atoms with E-state index in [2.05, 4.69) is 19.1 Å². The molecule has 0 radical (unpaired) electrons. The van der Waals surface area contributed by atoms with E-state index in [0.717, 1.165) is 19.3 Å². The number of hydrogen-bond acceptors (Lipinski definition) is 1. The van der Waals surface area contributed by atoms with Gasteiger partial charge in [-0.25, -0.2) is 0 Å². The van der Waals surface area contributed by atoms with Crippen LogP contribution in [0.5, 0.6) is 0 Å². The third kappa shape index (κ3) is 8.23. The lowest BCUT2D eigenvalue weighted by Crippen LogP contribution is -2.25. The van der Waals surface area contributed by atoms with Crippen molar-refractivity contribution in [3.8, 4) is 0 Å². The molecule has 1 rings (SSSR count). The molecule has 0 aliphatic heterocycles. The second-order valence-electron chi connectivity index (χ2n) is 6.01. The number of unbranched alkanes of at least 4 members (excludes halogenated alkanes) is 8. The Hall–Kier alpha value is -0.590. The molecule has 0 heterocycles. The monoisotopic (exact) mass is 264 g/mol. The molecule has 1 heteroatoms. The lowest BCUT2D eigenvalue weighted by atomic mass is 9.80. The summed E-state index contributed by atoms with van der Waals surface area (Å²) in [5.74, 6) is 0.950.